The van der Waals surface area contributed by atoms with Crippen LogP contribution in [0.15, 0.2) is 48.5 Å². The summed E-state index contributed by atoms with van der Waals surface area (Å²) in [6, 6.07) is 15.2. The summed E-state index contributed by atoms with van der Waals surface area (Å²) >= 11 is 1.30. The third-order valence-electron chi connectivity index (χ3n) is 5.56. The monoisotopic (exact) mass is 450 g/mol. The van der Waals surface area contributed by atoms with E-state index < -0.39 is 0 Å². The lowest BCUT2D eigenvalue weighted by atomic mass is 9.98. The number of methoxy groups -OCH3 is 1. The van der Waals surface area contributed by atoms with Crippen LogP contribution in [0.2, 0.25) is 0 Å². The average Bonchev–Trinajstić information content (AvgIpc) is 3.31. The molecular formula is C24H26N4O3S. The molecule has 32 heavy (non-hydrogen) atoms. The fraction of sp³-hybridized carbons (Fsp3) is 0.333. The molecule has 2 aromatic carbocycles. The number of anilines is 1. The van der Waals surface area contributed by atoms with Gasteiger partial charge >= 0.3 is 0 Å². The molecule has 7 nitrogen and oxygen atoms in total. The van der Waals surface area contributed by atoms with Crippen molar-refractivity contribution in [3.8, 4) is 5.75 Å². The highest BCUT2D eigenvalue weighted by Gasteiger charge is 2.28. The molecule has 1 aromatic heterocycles. The van der Waals surface area contributed by atoms with Gasteiger partial charge < -0.3 is 15.0 Å². The number of carbonyl (C=O) groups is 2. The predicted molar refractivity (Wildman–Crippen MR) is 124 cm³/mol. The molecule has 0 spiro atoms. The van der Waals surface area contributed by atoms with Crippen molar-refractivity contribution in [2.45, 2.75) is 32.1 Å². The zero-order valence-electron chi connectivity index (χ0n) is 18.2. The maximum atomic E-state index is 12.9. The van der Waals surface area contributed by atoms with Crippen molar-refractivity contribution in [3.63, 3.8) is 0 Å². The largest absolute Gasteiger partial charge is 0.497 e. The Hall–Kier alpha value is -3.26. The van der Waals surface area contributed by atoms with Gasteiger partial charge in [0.05, 0.1) is 13.5 Å². The van der Waals surface area contributed by atoms with E-state index in [0.29, 0.717) is 18.0 Å². The van der Waals surface area contributed by atoms with Gasteiger partial charge in [-0.15, -0.1) is 10.2 Å². The van der Waals surface area contributed by atoms with Crippen molar-refractivity contribution in [1.82, 2.24) is 15.1 Å². The maximum absolute atomic E-state index is 12.9. The topological polar surface area (TPSA) is 84.4 Å². The molecule has 0 unspecified atom stereocenters. The lowest BCUT2D eigenvalue weighted by molar-refractivity contribution is -0.131. The quantitative estimate of drug-likeness (QED) is 0.612. The van der Waals surface area contributed by atoms with Crippen LogP contribution in [-0.2, 0) is 11.2 Å². The molecule has 0 bridgehead atoms. The molecule has 2 heterocycles. The van der Waals surface area contributed by atoms with Crippen LogP contribution in [0.1, 0.15) is 44.7 Å². The molecule has 166 valence electrons. The first-order valence-electron chi connectivity index (χ1n) is 10.6. The smallest absolute Gasteiger partial charge is 0.286 e. The van der Waals surface area contributed by atoms with Gasteiger partial charge in [0.25, 0.3) is 5.91 Å². The minimum Gasteiger partial charge on any atom is -0.497 e. The standard InChI is InChI=1S/C24H26N4O3S/c1-16-8-10-19(11-9-16)25-22(30)24-27-26-23(32-24)18-6-4-12-28(15-18)21(29)14-17-5-3-7-20(13-17)31-2/h3,5,7-11,13,18H,4,6,12,14-15H2,1-2H3,(H,25,30)/t18-/m0/s1. The zero-order valence-corrected chi connectivity index (χ0v) is 19.0. The van der Waals surface area contributed by atoms with Gasteiger partial charge in [0, 0.05) is 24.7 Å². The fourth-order valence-electron chi connectivity index (χ4n) is 3.79. The number of aryl methyl sites for hydroxylation is 1. The second-order valence-corrected chi connectivity index (χ2v) is 8.98. The Morgan fingerprint density at radius 1 is 1.19 bits per heavy atom. The van der Waals surface area contributed by atoms with Crippen molar-refractivity contribution in [2.24, 2.45) is 0 Å². The van der Waals surface area contributed by atoms with Gasteiger partial charge in [0.2, 0.25) is 10.9 Å². The van der Waals surface area contributed by atoms with Crippen molar-refractivity contribution in [1.29, 1.82) is 0 Å². The van der Waals surface area contributed by atoms with Crippen molar-refractivity contribution in [3.05, 3.63) is 69.7 Å². The normalized spacial score (nSPS) is 15.9. The van der Waals surface area contributed by atoms with Crippen LogP contribution in [0.5, 0.6) is 5.75 Å². The van der Waals surface area contributed by atoms with E-state index in [-0.39, 0.29) is 17.7 Å². The molecule has 0 saturated carbocycles. The molecule has 1 N–H and O–H groups in total. The molecule has 0 aliphatic carbocycles. The summed E-state index contributed by atoms with van der Waals surface area (Å²) in [6.45, 7) is 3.33. The highest BCUT2D eigenvalue weighted by atomic mass is 32.1. The summed E-state index contributed by atoms with van der Waals surface area (Å²) < 4.78 is 5.25. The molecule has 8 heteroatoms. The molecule has 4 rings (SSSR count). The van der Waals surface area contributed by atoms with Crippen LogP contribution in [0.3, 0.4) is 0 Å². The Kier molecular flexibility index (Phi) is 6.80. The van der Waals surface area contributed by atoms with Crippen LogP contribution in [-0.4, -0.2) is 47.1 Å². The molecule has 1 fully saturated rings. The number of ether oxygens (including phenoxy) is 1. The average molecular weight is 451 g/mol. The van der Waals surface area contributed by atoms with Gasteiger partial charge in [-0.05, 0) is 49.6 Å². The molecule has 1 aliphatic heterocycles. The Labute approximate surface area is 191 Å². The highest BCUT2D eigenvalue weighted by Crippen LogP contribution is 2.30. The second kappa shape index (κ2) is 9.91. The number of piperidine rings is 1. The van der Waals surface area contributed by atoms with Gasteiger partial charge in [-0.2, -0.15) is 0 Å². The van der Waals surface area contributed by atoms with Crippen LogP contribution in [0.4, 0.5) is 5.69 Å². The Morgan fingerprint density at radius 2 is 2.00 bits per heavy atom. The summed E-state index contributed by atoms with van der Waals surface area (Å²) in [5.74, 6) is 0.665. The molecule has 2 amide bonds. The Balaban J connectivity index is 1.38. The van der Waals surface area contributed by atoms with E-state index in [1.807, 2.05) is 60.4 Å². The van der Waals surface area contributed by atoms with E-state index >= 15 is 0 Å². The molecule has 0 radical (unpaired) electrons. The van der Waals surface area contributed by atoms with E-state index in [1.165, 1.54) is 11.3 Å². The number of hydrogen-bond donors (Lipinski definition) is 1. The molecule has 1 saturated heterocycles. The number of rotatable bonds is 6. The number of hydrogen-bond acceptors (Lipinski definition) is 6. The van der Waals surface area contributed by atoms with Crippen LogP contribution >= 0.6 is 11.3 Å². The lowest BCUT2D eigenvalue weighted by Gasteiger charge is -2.31. The van der Waals surface area contributed by atoms with E-state index in [4.69, 9.17) is 4.74 Å². The highest BCUT2D eigenvalue weighted by molar-refractivity contribution is 7.13. The summed E-state index contributed by atoms with van der Waals surface area (Å²) in [7, 11) is 1.62. The zero-order chi connectivity index (χ0) is 22.5. The Bertz CT molecular complexity index is 1100. The minimum absolute atomic E-state index is 0.0878. The minimum atomic E-state index is -0.264. The van der Waals surface area contributed by atoms with E-state index in [0.717, 1.165) is 47.0 Å². The molecule has 1 atom stereocenters. The number of amides is 2. The molecular weight excluding hydrogens is 424 g/mol. The summed E-state index contributed by atoms with van der Waals surface area (Å²) in [4.78, 5) is 27.3. The van der Waals surface area contributed by atoms with Gasteiger partial charge in [0.1, 0.15) is 10.8 Å². The number of likely N-dealkylation sites (tertiary alicyclic amines) is 1. The summed E-state index contributed by atoms with van der Waals surface area (Å²) in [5.41, 5.74) is 2.79. The van der Waals surface area contributed by atoms with E-state index in [1.54, 1.807) is 7.11 Å². The molecule has 1 aliphatic rings. The van der Waals surface area contributed by atoms with E-state index in [9.17, 15) is 9.59 Å². The molecule has 3 aromatic rings. The SMILES string of the molecule is COc1cccc(CC(=O)N2CCC[C@H](c3nnc(C(=O)Nc4ccc(C)cc4)s3)C2)c1. The van der Waals surface area contributed by atoms with Gasteiger partial charge in [-0.3, -0.25) is 9.59 Å². The number of benzene rings is 2. The first-order chi connectivity index (χ1) is 15.5. The van der Waals surface area contributed by atoms with Crippen molar-refractivity contribution < 1.29 is 14.3 Å². The van der Waals surface area contributed by atoms with Gasteiger partial charge in [0.15, 0.2) is 0 Å². The first kappa shape index (κ1) is 22.0. The third kappa shape index (κ3) is 5.31. The number of nitrogens with one attached hydrogen (secondary N) is 1. The van der Waals surface area contributed by atoms with Gasteiger partial charge in [-0.1, -0.05) is 41.2 Å². The maximum Gasteiger partial charge on any atom is 0.286 e. The lowest BCUT2D eigenvalue weighted by Crippen LogP contribution is -2.39. The van der Waals surface area contributed by atoms with E-state index in [2.05, 4.69) is 15.5 Å². The van der Waals surface area contributed by atoms with Crippen LogP contribution in [0.25, 0.3) is 0 Å². The predicted octanol–water partition coefficient (Wildman–Crippen LogP) is 4.06. The number of carbonyl (C=O) groups excluding carboxylic acids is 2. The van der Waals surface area contributed by atoms with Crippen molar-refractivity contribution >= 4 is 28.8 Å². The Morgan fingerprint density at radius 3 is 2.78 bits per heavy atom. The van der Waals surface area contributed by atoms with Crippen LogP contribution < -0.4 is 10.1 Å². The summed E-state index contributed by atoms with van der Waals surface area (Å²) in [6.07, 6.45) is 2.17. The third-order valence-corrected chi connectivity index (χ3v) is 6.64. The van der Waals surface area contributed by atoms with Crippen LogP contribution in [0, 0.1) is 6.92 Å². The van der Waals surface area contributed by atoms with Gasteiger partial charge in [-0.25, -0.2) is 0 Å². The van der Waals surface area contributed by atoms with Crippen molar-refractivity contribution in [2.75, 3.05) is 25.5 Å². The number of aromatic nitrogens is 2. The fourth-order valence-corrected chi connectivity index (χ4v) is 4.65. The first-order valence-corrected chi connectivity index (χ1v) is 11.5. The number of nitrogens with zero attached hydrogens (tertiary/aromatic N) is 3. The second-order valence-electron chi connectivity index (χ2n) is 7.97. The summed E-state index contributed by atoms with van der Waals surface area (Å²) in [5, 5.41) is 12.4.